The van der Waals surface area contributed by atoms with Gasteiger partial charge in [-0.15, -0.1) is 0 Å². The number of benzene rings is 2. The van der Waals surface area contributed by atoms with Gasteiger partial charge in [0.25, 0.3) is 5.91 Å². The molecular formula is C19H17Cl3N4O. The van der Waals surface area contributed by atoms with E-state index < -0.39 is 6.17 Å². The standard InChI is InChI=1S/C19H16Cl2N4O.ClH/c1-24-8-9-25(11-24)18-19(26)22-16-7-6-12(20)10-14(16)17(23-18)13-4-2-3-5-15(13)21;/h2-10,18H,11H2,1H3,(H,22,26);1H. The van der Waals surface area contributed by atoms with E-state index in [-0.39, 0.29) is 18.3 Å². The Morgan fingerprint density at radius 1 is 1.19 bits per heavy atom. The van der Waals surface area contributed by atoms with Gasteiger partial charge in [-0.3, -0.25) is 14.6 Å². The smallest absolute Gasteiger partial charge is 0.269 e. The summed E-state index contributed by atoms with van der Waals surface area (Å²) in [7, 11) is 2.03. The van der Waals surface area contributed by atoms with Crippen molar-refractivity contribution in [2.45, 2.75) is 6.17 Å². The number of halogens is 3. The van der Waals surface area contributed by atoms with Crippen LogP contribution in [0.3, 0.4) is 0 Å². The van der Waals surface area contributed by atoms with Crippen molar-refractivity contribution in [2.24, 2.45) is 4.99 Å². The Bertz CT molecular complexity index is 944. The molecule has 140 valence electrons. The molecule has 0 aromatic heterocycles. The lowest BCUT2D eigenvalue weighted by molar-refractivity contribution is -0.827. The van der Waals surface area contributed by atoms with Gasteiger partial charge in [0.05, 0.1) is 24.6 Å². The summed E-state index contributed by atoms with van der Waals surface area (Å²) in [6.07, 6.45) is 3.21. The first-order valence-corrected chi connectivity index (χ1v) is 8.98. The highest BCUT2D eigenvalue weighted by molar-refractivity contribution is 6.37. The first-order chi connectivity index (χ1) is 12.5. The average molecular weight is 424 g/mol. The highest BCUT2D eigenvalue weighted by Gasteiger charge is 2.32. The number of hydrogen-bond acceptors (Lipinski definition) is 3. The lowest BCUT2D eigenvalue weighted by Gasteiger charge is -2.21. The van der Waals surface area contributed by atoms with E-state index in [1.54, 1.807) is 18.2 Å². The fourth-order valence-electron chi connectivity index (χ4n) is 3.15. The molecule has 0 saturated carbocycles. The number of hydrogen-bond donors (Lipinski definition) is 2. The third-order valence-electron chi connectivity index (χ3n) is 4.41. The Hall–Kier alpha value is -2.05. The number of rotatable bonds is 2. The van der Waals surface area contributed by atoms with Crippen molar-refractivity contribution in [3.63, 3.8) is 0 Å². The fraction of sp³-hybridized carbons (Fsp3) is 0.158. The summed E-state index contributed by atoms with van der Waals surface area (Å²) in [5.74, 6) is -0.185. The SMILES string of the molecule is C[NH+]1C=CN(C2N=C(c3ccccc3Cl)c3cc(Cl)ccc3NC2=O)C1.[Cl-]. The highest BCUT2D eigenvalue weighted by Crippen LogP contribution is 2.30. The zero-order valence-corrected chi connectivity index (χ0v) is 16.7. The first kappa shape index (κ1) is 19.7. The van der Waals surface area contributed by atoms with Crippen molar-refractivity contribution in [2.75, 3.05) is 19.0 Å². The molecule has 5 nitrogen and oxygen atoms in total. The number of amides is 1. The highest BCUT2D eigenvalue weighted by atomic mass is 35.5. The van der Waals surface area contributed by atoms with Crippen LogP contribution in [0.2, 0.25) is 10.0 Å². The largest absolute Gasteiger partial charge is 1.00 e. The molecule has 2 unspecified atom stereocenters. The van der Waals surface area contributed by atoms with Gasteiger partial charge in [-0.1, -0.05) is 41.4 Å². The summed E-state index contributed by atoms with van der Waals surface area (Å²) >= 11 is 12.6. The molecule has 0 saturated heterocycles. The second kappa shape index (κ2) is 7.90. The number of quaternary nitrogens is 1. The van der Waals surface area contributed by atoms with Gasteiger partial charge in [-0.25, -0.2) is 4.99 Å². The minimum atomic E-state index is -0.679. The second-order valence-electron chi connectivity index (χ2n) is 6.34. The molecular weight excluding hydrogens is 407 g/mol. The van der Waals surface area contributed by atoms with E-state index >= 15 is 0 Å². The van der Waals surface area contributed by atoms with Crippen molar-refractivity contribution in [3.8, 4) is 0 Å². The fourth-order valence-corrected chi connectivity index (χ4v) is 3.54. The van der Waals surface area contributed by atoms with E-state index in [1.165, 1.54) is 4.90 Å². The Morgan fingerprint density at radius 2 is 1.96 bits per heavy atom. The Kier molecular flexibility index (Phi) is 5.77. The minimum Gasteiger partial charge on any atom is -1.00 e. The van der Waals surface area contributed by atoms with Gasteiger partial charge < -0.3 is 17.7 Å². The number of benzodiazepines with no additional fused rings is 1. The summed E-state index contributed by atoms with van der Waals surface area (Å²) in [4.78, 5) is 20.7. The predicted molar refractivity (Wildman–Crippen MR) is 104 cm³/mol. The number of carbonyl (C=O) groups excluding carboxylic acids is 1. The molecule has 2 aliphatic rings. The quantitative estimate of drug-likeness (QED) is 0.676. The number of aliphatic imine (C=N–C) groups is 1. The van der Waals surface area contributed by atoms with E-state index in [0.717, 1.165) is 11.1 Å². The molecule has 2 aliphatic heterocycles. The Morgan fingerprint density at radius 3 is 2.67 bits per heavy atom. The zero-order valence-electron chi connectivity index (χ0n) is 14.4. The van der Waals surface area contributed by atoms with Crippen molar-refractivity contribution in [3.05, 3.63) is 76.0 Å². The molecule has 2 N–H and O–H groups in total. The minimum absolute atomic E-state index is 0. The maximum absolute atomic E-state index is 12.8. The van der Waals surface area contributed by atoms with Crippen LogP contribution < -0.4 is 22.6 Å². The molecule has 0 aliphatic carbocycles. The van der Waals surface area contributed by atoms with E-state index in [4.69, 9.17) is 28.2 Å². The number of carbonyl (C=O) groups is 1. The Balaban J connectivity index is 0.00000210. The molecule has 1 amide bonds. The van der Waals surface area contributed by atoms with Gasteiger partial charge in [0.2, 0.25) is 6.17 Å². The monoisotopic (exact) mass is 422 g/mol. The molecule has 2 heterocycles. The van der Waals surface area contributed by atoms with E-state index in [2.05, 4.69) is 5.32 Å². The lowest BCUT2D eigenvalue weighted by atomic mass is 10.0. The van der Waals surface area contributed by atoms with E-state index in [0.29, 0.717) is 28.1 Å². The van der Waals surface area contributed by atoms with Gasteiger partial charge in [0.1, 0.15) is 6.20 Å². The number of fused-ring (bicyclic) bond motifs is 1. The third kappa shape index (κ3) is 3.82. The van der Waals surface area contributed by atoms with Gasteiger partial charge in [-0.05, 0) is 24.3 Å². The topological polar surface area (TPSA) is 49.1 Å². The van der Waals surface area contributed by atoms with Crippen LogP contribution in [0, 0.1) is 0 Å². The van der Waals surface area contributed by atoms with Crippen molar-refractivity contribution in [1.29, 1.82) is 0 Å². The van der Waals surface area contributed by atoms with Gasteiger partial charge in [0.15, 0.2) is 6.67 Å². The third-order valence-corrected chi connectivity index (χ3v) is 4.97. The second-order valence-corrected chi connectivity index (χ2v) is 7.19. The van der Waals surface area contributed by atoms with Crippen LogP contribution in [-0.2, 0) is 4.79 Å². The summed E-state index contributed by atoms with van der Waals surface area (Å²) in [5.41, 5.74) is 2.84. The van der Waals surface area contributed by atoms with Gasteiger partial charge >= 0.3 is 0 Å². The number of nitrogens with zero attached hydrogens (tertiary/aromatic N) is 2. The van der Waals surface area contributed by atoms with Crippen molar-refractivity contribution < 1.29 is 22.1 Å². The van der Waals surface area contributed by atoms with Crippen molar-refractivity contribution in [1.82, 2.24) is 4.90 Å². The summed E-state index contributed by atoms with van der Waals surface area (Å²) < 4.78 is 0. The lowest BCUT2D eigenvalue weighted by Crippen LogP contribution is -3.04. The van der Waals surface area contributed by atoms with E-state index in [1.807, 2.05) is 48.6 Å². The number of anilines is 1. The average Bonchev–Trinajstić information content (AvgIpc) is 2.98. The molecule has 27 heavy (non-hydrogen) atoms. The molecule has 2 aromatic rings. The maximum Gasteiger partial charge on any atom is 0.269 e. The van der Waals surface area contributed by atoms with Gasteiger partial charge in [-0.2, -0.15) is 0 Å². The summed E-state index contributed by atoms with van der Waals surface area (Å²) in [5, 5.41) is 4.12. The molecule has 4 rings (SSSR count). The van der Waals surface area contributed by atoms with Crippen LogP contribution in [0.4, 0.5) is 5.69 Å². The summed E-state index contributed by atoms with van der Waals surface area (Å²) in [6, 6.07) is 12.8. The molecule has 0 spiro atoms. The normalized spacial score (nSPS) is 21.1. The van der Waals surface area contributed by atoms with Crippen LogP contribution in [0.25, 0.3) is 0 Å². The molecule has 0 bridgehead atoms. The first-order valence-electron chi connectivity index (χ1n) is 8.23. The Labute approximate surface area is 173 Å². The van der Waals surface area contributed by atoms with Crippen LogP contribution in [0.5, 0.6) is 0 Å². The molecule has 2 atom stereocenters. The molecule has 8 heteroatoms. The van der Waals surface area contributed by atoms with Crippen LogP contribution >= 0.6 is 23.2 Å². The predicted octanol–water partition coefficient (Wildman–Crippen LogP) is -0.628. The maximum atomic E-state index is 12.8. The van der Waals surface area contributed by atoms with E-state index in [9.17, 15) is 4.79 Å². The number of nitrogens with one attached hydrogen (secondary N) is 2. The molecule has 2 aromatic carbocycles. The van der Waals surface area contributed by atoms with Crippen molar-refractivity contribution >= 4 is 40.5 Å². The zero-order chi connectivity index (χ0) is 18.3. The van der Waals surface area contributed by atoms with Crippen LogP contribution in [0.15, 0.2) is 59.9 Å². The van der Waals surface area contributed by atoms with Gasteiger partial charge in [0, 0.05) is 21.2 Å². The van der Waals surface area contributed by atoms with Crippen LogP contribution in [0.1, 0.15) is 11.1 Å². The summed E-state index contributed by atoms with van der Waals surface area (Å²) in [6.45, 7) is 0.661. The van der Waals surface area contributed by atoms with Crippen LogP contribution in [-0.4, -0.2) is 36.4 Å². The molecule has 0 fully saturated rings. The molecule has 0 radical (unpaired) electrons.